The van der Waals surface area contributed by atoms with E-state index >= 15 is 0 Å². The van der Waals surface area contributed by atoms with Crippen LogP contribution in [0.25, 0.3) is 11.3 Å². The largest absolute Gasteiger partial charge is 0.453 e. The van der Waals surface area contributed by atoms with Crippen molar-refractivity contribution in [3.05, 3.63) is 47.7 Å². The fraction of sp³-hybridized carbons (Fsp3) is 0.519. The second-order valence-electron chi connectivity index (χ2n) is 10.3. The first-order valence-corrected chi connectivity index (χ1v) is 12.9. The highest BCUT2D eigenvalue weighted by atomic mass is 16.5. The predicted molar refractivity (Wildman–Crippen MR) is 142 cm³/mol. The number of likely N-dealkylation sites (N-methyl/N-ethyl adjacent to an activating group) is 1. The number of ether oxygens (including phenoxy) is 1. The number of hydrogen-bond donors (Lipinski definition) is 1. The van der Waals surface area contributed by atoms with Gasteiger partial charge in [0, 0.05) is 69.7 Å². The van der Waals surface area contributed by atoms with Gasteiger partial charge in [-0.05, 0) is 49.4 Å². The van der Waals surface area contributed by atoms with Gasteiger partial charge in [-0.25, -0.2) is 9.78 Å². The Balaban J connectivity index is 1.28. The van der Waals surface area contributed by atoms with E-state index in [1.807, 2.05) is 0 Å². The number of allylic oxidation sites excluding steroid dienone is 1. The topological polar surface area (TPSA) is 91.1 Å². The number of hydrogen-bond acceptors (Lipinski definition) is 8. The number of nitrogens with two attached hydrogens (primary N) is 1. The Morgan fingerprint density at radius 3 is 2.67 bits per heavy atom. The van der Waals surface area contributed by atoms with Gasteiger partial charge >= 0.3 is 6.09 Å². The fourth-order valence-corrected chi connectivity index (χ4v) is 5.54. The minimum Gasteiger partial charge on any atom is -0.453 e. The van der Waals surface area contributed by atoms with E-state index in [1.165, 1.54) is 18.2 Å². The van der Waals surface area contributed by atoms with Crippen LogP contribution in [0.4, 0.5) is 16.6 Å². The van der Waals surface area contributed by atoms with Crippen molar-refractivity contribution in [3.63, 3.8) is 0 Å². The van der Waals surface area contributed by atoms with Gasteiger partial charge in [0.2, 0.25) is 5.95 Å². The molecule has 192 valence electrons. The Morgan fingerprint density at radius 1 is 1.08 bits per heavy atom. The number of nitrogens with zero attached hydrogens (tertiary/aromatic N) is 6. The van der Waals surface area contributed by atoms with Crippen LogP contribution in [-0.4, -0.2) is 90.7 Å². The highest BCUT2D eigenvalue weighted by Crippen LogP contribution is 2.31. The number of anilines is 2. The summed E-state index contributed by atoms with van der Waals surface area (Å²) < 4.78 is 4.88. The van der Waals surface area contributed by atoms with Crippen LogP contribution < -0.4 is 10.6 Å². The summed E-state index contributed by atoms with van der Waals surface area (Å²) >= 11 is 0. The lowest BCUT2D eigenvalue weighted by Gasteiger charge is -2.34. The summed E-state index contributed by atoms with van der Waals surface area (Å²) in [7, 11) is 3.59. The van der Waals surface area contributed by atoms with Crippen LogP contribution >= 0.6 is 0 Å². The number of aromatic nitrogens is 2. The molecule has 36 heavy (non-hydrogen) atoms. The van der Waals surface area contributed by atoms with Gasteiger partial charge in [-0.15, -0.1) is 0 Å². The Morgan fingerprint density at radius 2 is 1.89 bits per heavy atom. The number of carbonyl (C=O) groups is 1. The van der Waals surface area contributed by atoms with Crippen molar-refractivity contribution in [1.82, 2.24) is 24.7 Å². The van der Waals surface area contributed by atoms with Crippen LogP contribution in [0.1, 0.15) is 24.0 Å². The Hall–Kier alpha value is -3.33. The Labute approximate surface area is 213 Å². The van der Waals surface area contributed by atoms with Crippen molar-refractivity contribution in [2.24, 2.45) is 5.92 Å². The first kappa shape index (κ1) is 24.4. The molecule has 1 amide bonds. The molecule has 1 aromatic carbocycles. The van der Waals surface area contributed by atoms with Crippen LogP contribution in [0.3, 0.4) is 0 Å². The van der Waals surface area contributed by atoms with E-state index in [1.54, 1.807) is 4.90 Å². The average Bonchev–Trinajstić information content (AvgIpc) is 3.36. The molecule has 1 aromatic heterocycles. The maximum Gasteiger partial charge on any atom is 0.409 e. The second kappa shape index (κ2) is 10.3. The monoisotopic (exact) mass is 491 g/mol. The lowest BCUT2D eigenvalue weighted by atomic mass is 9.94. The van der Waals surface area contributed by atoms with E-state index in [0.29, 0.717) is 11.9 Å². The van der Waals surface area contributed by atoms with Gasteiger partial charge in [-0.3, -0.25) is 0 Å². The van der Waals surface area contributed by atoms with Gasteiger partial charge < -0.3 is 30.1 Å². The molecule has 9 heteroatoms. The molecule has 1 unspecified atom stereocenters. The number of fused-ring (bicyclic) bond motifs is 1. The number of methoxy groups -OCH3 is 1. The maximum atomic E-state index is 11.8. The summed E-state index contributed by atoms with van der Waals surface area (Å²) in [5, 5.41) is 0. The van der Waals surface area contributed by atoms with Crippen molar-refractivity contribution in [3.8, 4) is 11.3 Å². The molecule has 3 aliphatic rings. The molecule has 0 saturated carbocycles. The van der Waals surface area contributed by atoms with E-state index < -0.39 is 0 Å². The van der Waals surface area contributed by atoms with E-state index in [0.717, 1.165) is 94.4 Å². The van der Waals surface area contributed by atoms with Gasteiger partial charge in [-0.2, -0.15) is 4.98 Å². The summed E-state index contributed by atoms with van der Waals surface area (Å²) in [6.45, 7) is 11.6. The van der Waals surface area contributed by atoms with Gasteiger partial charge in [0.1, 0.15) is 5.82 Å². The summed E-state index contributed by atoms with van der Waals surface area (Å²) in [5.74, 6) is 1.64. The molecule has 2 saturated heterocycles. The number of likely N-dealkylation sites (tertiary alicyclic amines) is 1. The molecule has 1 atom stereocenters. The molecular weight excluding hydrogens is 454 g/mol. The molecule has 2 fully saturated rings. The van der Waals surface area contributed by atoms with Crippen LogP contribution in [0.15, 0.2) is 36.5 Å². The molecule has 0 aliphatic carbocycles. The quantitative estimate of drug-likeness (QED) is 0.683. The third kappa shape index (κ3) is 5.26. The molecule has 0 radical (unpaired) electrons. The fourth-order valence-electron chi connectivity index (χ4n) is 5.54. The van der Waals surface area contributed by atoms with E-state index in [2.05, 4.69) is 62.6 Å². The first-order chi connectivity index (χ1) is 17.4. The standard InChI is InChI=1S/C27H37N7O2/c1-19(14-20-6-8-34(17-20)27(35)36-3)33-9-7-21-4-5-22(15-23(21)18-33)24-16-25(30-26(28)29-24)32-12-10-31(2)11-13-32/h4-5,15-16,20H,1,6-14,17-18H2,2-3H3,(H2,28,29,30). The highest BCUT2D eigenvalue weighted by molar-refractivity contribution is 5.68. The number of carbonyl (C=O) groups excluding carboxylic acids is 1. The van der Waals surface area contributed by atoms with Crippen molar-refractivity contribution < 1.29 is 9.53 Å². The van der Waals surface area contributed by atoms with Crippen molar-refractivity contribution in [1.29, 1.82) is 0 Å². The third-order valence-corrected chi connectivity index (χ3v) is 7.76. The summed E-state index contributed by atoms with van der Waals surface area (Å²) in [5.41, 5.74) is 11.9. The van der Waals surface area contributed by atoms with Crippen molar-refractivity contribution in [2.45, 2.75) is 25.8 Å². The second-order valence-corrected chi connectivity index (χ2v) is 10.3. The molecule has 2 aromatic rings. The molecule has 9 nitrogen and oxygen atoms in total. The van der Waals surface area contributed by atoms with E-state index in [-0.39, 0.29) is 6.09 Å². The van der Waals surface area contributed by atoms with Gasteiger partial charge in [0.25, 0.3) is 0 Å². The molecular formula is C27H37N7O2. The summed E-state index contributed by atoms with van der Waals surface area (Å²) in [4.78, 5) is 29.7. The SMILES string of the molecule is C=C(CC1CCN(C(=O)OC)C1)N1CCc2ccc(-c3cc(N4CCN(C)CC4)nc(N)n3)cc2C1. The zero-order valence-corrected chi connectivity index (χ0v) is 21.4. The summed E-state index contributed by atoms with van der Waals surface area (Å²) in [6.07, 6.45) is 2.66. The number of nitrogen functional groups attached to an aromatic ring is 1. The Kier molecular flexibility index (Phi) is 7.00. The minimum atomic E-state index is -0.233. The lowest BCUT2D eigenvalue weighted by molar-refractivity contribution is 0.131. The Bertz CT molecular complexity index is 1130. The van der Waals surface area contributed by atoms with Gasteiger partial charge in [-0.1, -0.05) is 18.7 Å². The van der Waals surface area contributed by atoms with Crippen LogP contribution in [0, 0.1) is 5.92 Å². The number of benzene rings is 1. The lowest BCUT2D eigenvalue weighted by Crippen LogP contribution is -2.44. The first-order valence-electron chi connectivity index (χ1n) is 12.9. The molecule has 0 bridgehead atoms. The zero-order valence-electron chi connectivity index (χ0n) is 21.4. The molecule has 5 rings (SSSR count). The normalized spacial score (nSPS) is 20.4. The zero-order chi connectivity index (χ0) is 25.2. The van der Waals surface area contributed by atoms with Gasteiger partial charge in [0.05, 0.1) is 12.8 Å². The average molecular weight is 492 g/mol. The number of amides is 1. The van der Waals surface area contributed by atoms with E-state index in [4.69, 9.17) is 10.5 Å². The van der Waals surface area contributed by atoms with Crippen molar-refractivity contribution in [2.75, 3.05) is 70.6 Å². The summed E-state index contributed by atoms with van der Waals surface area (Å²) in [6, 6.07) is 8.69. The van der Waals surface area contributed by atoms with Crippen LogP contribution in [-0.2, 0) is 17.7 Å². The highest BCUT2D eigenvalue weighted by Gasteiger charge is 2.28. The van der Waals surface area contributed by atoms with Crippen molar-refractivity contribution >= 4 is 17.9 Å². The predicted octanol–water partition coefficient (Wildman–Crippen LogP) is 2.83. The van der Waals surface area contributed by atoms with E-state index in [9.17, 15) is 4.79 Å². The maximum absolute atomic E-state index is 11.8. The van der Waals surface area contributed by atoms with Gasteiger partial charge in [0.15, 0.2) is 0 Å². The third-order valence-electron chi connectivity index (χ3n) is 7.76. The van der Waals surface area contributed by atoms with Crippen LogP contribution in [0.2, 0.25) is 0 Å². The smallest absolute Gasteiger partial charge is 0.409 e. The molecule has 4 heterocycles. The molecule has 2 N–H and O–H groups in total. The molecule has 3 aliphatic heterocycles. The number of rotatable bonds is 5. The minimum absolute atomic E-state index is 0.233. The number of piperazine rings is 1. The van der Waals surface area contributed by atoms with Crippen LogP contribution in [0.5, 0.6) is 0 Å². The molecule has 0 spiro atoms.